The van der Waals surface area contributed by atoms with Gasteiger partial charge in [0, 0.05) is 41.1 Å². The maximum Gasteiger partial charge on any atom is 0.407 e. The number of fused-ring (bicyclic) bond motifs is 2. The van der Waals surface area contributed by atoms with Crippen molar-refractivity contribution in [2.45, 2.75) is 38.8 Å². The predicted molar refractivity (Wildman–Crippen MR) is 71.1 cm³/mol. The van der Waals surface area contributed by atoms with E-state index in [1.807, 2.05) is 20.8 Å². The van der Waals surface area contributed by atoms with Crippen LogP contribution in [-0.2, 0) is 14.0 Å². The fourth-order valence-electron chi connectivity index (χ4n) is 2.63. The van der Waals surface area contributed by atoms with Crippen molar-refractivity contribution in [3.05, 3.63) is 0 Å². The summed E-state index contributed by atoms with van der Waals surface area (Å²) >= 11 is 0. The van der Waals surface area contributed by atoms with E-state index in [4.69, 9.17) is 15.4 Å². The predicted octanol–water partition coefficient (Wildman–Crippen LogP) is 1.32. The first-order valence-corrected chi connectivity index (χ1v) is 8.51. The lowest BCUT2D eigenvalue weighted by Crippen LogP contribution is -2.61. The molecule has 2 atom stereocenters. The first-order chi connectivity index (χ1) is 8.56. The minimum atomic E-state index is -3.66. The summed E-state index contributed by atoms with van der Waals surface area (Å²) in [7, 11) is 1.66. The molecule has 0 radical (unpaired) electrons. The standard InChI is InChI=1S/C11H19ClN2O4S/c1-11(2,3)13-10(15)18-9-7-4-8(9)6-14(5-7)19(12,16)17/h7-9H,4-6H2,1-3H3,(H,13,15). The van der Waals surface area contributed by atoms with E-state index in [2.05, 4.69) is 5.32 Å². The molecule has 8 heteroatoms. The molecule has 0 aromatic carbocycles. The maximum atomic E-state index is 11.7. The van der Waals surface area contributed by atoms with Gasteiger partial charge < -0.3 is 10.1 Å². The van der Waals surface area contributed by atoms with Crippen LogP contribution in [0.15, 0.2) is 0 Å². The van der Waals surface area contributed by atoms with E-state index >= 15 is 0 Å². The Hall–Kier alpha value is -0.530. The molecular weight excluding hydrogens is 292 g/mol. The van der Waals surface area contributed by atoms with E-state index in [1.165, 1.54) is 4.31 Å². The van der Waals surface area contributed by atoms with Crippen LogP contribution >= 0.6 is 10.7 Å². The molecule has 3 aliphatic rings. The third-order valence-corrected chi connectivity index (χ3v) is 4.94. The number of amides is 1. The van der Waals surface area contributed by atoms with Gasteiger partial charge >= 0.3 is 6.09 Å². The summed E-state index contributed by atoms with van der Waals surface area (Å²) in [6.07, 6.45) is 0.238. The van der Waals surface area contributed by atoms with E-state index in [1.54, 1.807) is 0 Å². The summed E-state index contributed by atoms with van der Waals surface area (Å²) in [6.45, 7) is 6.28. The lowest BCUT2D eigenvalue weighted by molar-refractivity contribution is -0.0926. The van der Waals surface area contributed by atoms with Gasteiger partial charge in [0.15, 0.2) is 0 Å². The Morgan fingerprint density at radius 1 is 1.32 bits per heavy atom. The molecule has 1 aliphatic carbocycles. The Morgan fingerprint density at radius 3 is 2.26 bits per heavy atom. The summed E-state index contributed by atoms with van der Waals surface area (Å²) in [4.78, 5) is 11.7. The average Bonchev–Trinajstić information content (AvgIpc) is 2.22. The number of carbonyl (C=O) groups excluding carboxylic acids is 1. The number of hydrogen-bond acceptors (Lipinski definition) is 4. The Bertz CT molecular complexity index is 462. The number of piperidine rings is 2. The topological polar surface area (TPSA) is 75.7 Å². The van der Waals surface area contributed by atoms with Crippen LogP contribution in [0.4, 0.5) is 4.79 Å². The Balaban J connectivity index is 1.89. The van der Waals surface area contributed by atoms with Crippen molar-refractivity contribution in [1.29, 1.82) is 0 Å². The van der Waals surface area contributed by atoms with E-state index in [9.17, 15) is 13.2 Å². The van der Waals surface area contributed by atoms with Gasteiger partial charge in [0.25, 0.3) is 9.24 Å². The van der Waals surface area contributed by atoms with Crippen molar-refractivity contribution in [1.82, 2.24) is 9.62 Å². The number of alkyl carbamates (subject to hydrolysis) is 1. The highest BCUT2D eigenvalue weighted by atomic mass is 35.7. The van der Waals surface area contributed by atoms with Crippen LogP contribution < -0.4 is 5.32 Å². The molecule has 1 N–H and O–H groups in total. The molecular formula is C11H19ClN2O4S. The second-order valence-corrected chi connectivity index (χ2v) is 8.77. The molecule has 1 saturated carbocycles. The van der Waals surface area contributed by atoms with E-state index in [0.29, 0.717) is 13.1 Å². The largest absolute Gasteiger partial charge is 0.446 e. The van der Waals surface area contributed by atoms with Crippen LogP contribution in [0.5, 0.6) is 0 Å². The average molecular weight is 311 g/mol. The molecule has 2 bridgehead atoms. The number of ether oxygens (including phenoxy) is 1. The van der Waals surface area contributed by atoms with Crippen LogP contribution in [0.2, 0.25) is 0 Å². The molecule has 19 heavy (non-hydrogen) atoms. The highest BCUT2D eigenvalue weighted by Crippen LogP contribution is 2.43. The quantitative estimate of drug-likeness (QED) is 0.780. The second-order valence-electron chi connectivity index (χ2n) is 6.26. The fraction of sp³-hybridized carbons (Fsp3) is 0.909. The van der Waals surface area contributed by atoms with Crippen molar-refractivity contribution in [3.63, 3.8) is 0 Å². The van der Waals surface area contributed by atoms with Crippen LogP contribution in [-0.4, -0.2) is 43.5 Å². The zero-order chi connectivity index (χ0) is 14.4. The van der Waals surface area contributed by atoms with Crippen molar-refractivity contribution < 1.29 is 17.9 Å². The highest BCUT2D eigenvalue weighted by Gasteiger charge is 2.51. The minimum Gasteiger partial charge on any atom is -0.446 e. The third-order valence-electron chi connectivity index (χ3n) is 3.44. The smallest absolute Gasteiger partial charge is 0.407 e. The molecule has 2 heterocycles. The van der Waals surface area contributed by atoms with Gasteiger partial charge in [-0.25, -0.2) is 4.79 Å². The number of rotatable bonds is 2. The first kappa shape index (κ1) is 14.9. The summed E-state index contributed by atoms with van der Waals surface area (Å²) in [6, 6.07) is 0. The summed E-state index contributed by atoms with van der Waals surface area (Å²) < 4.78 is 29.1. The van der Waals surface area contributed by atoms with Gasteiger partial charge in [0.05, 0.1) is 0 Å². The molecule has 3 fully saturated rings. The third kappa shape index (κ3) is 3.52. The molecule has 0 spiro atoms. The Labute approximate surface area is 118 Å². The lowest BCUT2D eigenvalue weighted by atomic mass is 9.69. The van der Waals surface area contributed by atoms with Crippen LogP contribution in [0.1, 0.15) is 27.2 Å². The molecule has 0 aromatic rings. The van der Waals surface area contributed by atoms with Crippen molar-refractivity contribution in [3.8, 4) is 0 Å². The monoisotopic (exact) mass is 310 g/mol. The molecule has 2 saturated heterocycles. The molecule has 1 amide bonds. The number of nitrogens with zero attached hydrogens (tertiary/aromatic N) is 1. The summed E-state index contributed by atoms with van der Waals surface area (Å²) in [5.41, 5.74) is -0.346. The van der Waals surface area contributed by atoms with Gasteiger partial charge in [-0.15, -0.1) is 0 Å². The zero-order valence-electron chi connectivity index (χ0n) is 11.2. The van der Waals surface area contributed by atoms with Gasteiger partial charge in [-0.05, 0) is 27.2 Å². The van der Waals surface area contributed by atoms with E-state index in [0.717, 1.165) is 6.42 Å². The molecule has 2 aliphatic heterocycles. The fourth-order valence-corrected chi connectivity index (χ4v) is 3.71. The number of hydrogen-bond donors (Lipinski definition) is 1. The molecule has 0 aromatic heterocycles. The van der Waals surface area contributed by atoms with Gasteiger partial charge in [0.1, 0.15) is 6.10 Å². The van der Waals surface area contributed by atoms with E-state index < -0.39 is 15.3 Å². The van der Waals surface area contributed by atoms with Gasteiger partial charge in [-0.3, -0.25) is 0 Å². The minimum absolute atomic E-state index is 0.0537. The number of nitrogens with one attached hydrogen (secondary N) is 1. The second kappa shape index (κ2) is 4.79. The first-order valence-electron chi connectivity index (χ1n) is 6.25. The van der Waals surface area contributed by atoms with Gasteiger partial charge in [0.2, 0.25) is 0 Å². The summed E-state index contributed by atoms with van der Waals surface area (Å²) in [5, 5.41) is 2.73. The van der Waals surface area contributed by atoms with Crippen molar-refractivity contribution >= 4 is 26.0 Å². The molecule has 3 rings (SSSR count). The number of carbonyl (C=O) groups is 1. The lowest BCUT2D eigenvalue weighted by Gasteiger charge is -2.51. The number of halogens is 1. The Kier molecular flexibility index (Phi) is 3.75. The Morgan fingerprint density at radius 2 is 1.84 bits per heavy atom. The van der Waals surface area contributed by atoms with Crippen LogP contribution in [0.25, 0.3) is 0 Å². The SMILES string of the molecule is CC(C)(C)NC(=O)OC1C2CC1CN(S(=O)(=O)Cl)C2. The van der Waals surface area contributed by atoms with Crippen LogP contribution in [0.3, 0.4) is 0 Å². The summed E-state index contributed by atoms with van der Waals surface area (Å²) in [5.74, 6) is 0.107. The maximum absolute atomic E-state index is 11.7. The molecule has 110 valence electrons. The van der Waals surface area contributed by atoms with Gasteiger partial charge in [-0.1, -0.05) is 0 Å². The van der Waals surface area contributed by atoms with Crippen molar-refractivity contribution in [2.24, 2.45) is 11.8 Å². The normalized spacial score (nSPS) is 31.5. The van der Waals surface area contributed by atoms with Gasteiger partial charge in [-0.2, -0.15) is 12.7 Å². The van der Waals surface area contributed by atoms with Crippen LogP contribution in [0, 0.1) is 11.8 Å². The zero-order valence-corrected chi connectivity index (χ0v) is 12.8. The van der Waals surface area contributed by atoms with Crippen molar-refractivity contribution in [2.75, 3.05) is 13.1 Å². The molecule has 6 nitrogen and oxygen atoms in total. The highest BCUT2D eigenvalue weighted by molar-refractivity contribution is 8.11. The molecule has 2 unspecified atom stereocenters. The van der Waals surface area contributed by atoms with E-state index in [-0.39, 0.29) is 23.5 Å².